The first-order valence-electron chi connectivity index (χ1n) is 3.83. The maximum absolute atomic E-state index is 10.7. The molecule has 0 N–H and O–H groups in total. The van der Waals surface area contributed by atoms with E-state index in [2.05, 4.69) is 4.98 Å². The van der Waals surface area contributed by atoms with Gasteiger partial charge in [0.1, 0.15) is 5.75 Å². The zero-order chi connectivity index (χ0) is 10.7. The van der Waals surface area contributed by atoms with Crippen LogP contribution in [0.15, 0.2) is 6.20 Å². The molecule has 0 radical (unpaired) electrons. The molecule has 6 heteroatoms. The summed E-state index contributed by atoms with van der Waals surface area (Å²) in [6, 6.07) is 0. The van der Waals surface area contributed by atoms with Crippen LogP contribution in [-0.4, -0.2) is 24.1 Å². The Kier molecular flexibility index (Phi) is 2.85. The molecule has 1 heterocycles. The Hall–Kier alpha value is -1.85. The summed E-state index contributed by atoms with van der Waals surface area (Å²) in [4.78, 5) is 13.9. The molecule has 0 spiro atoms. The highest BCUT2D eigenvalue weighted by atomic mass is 16.6. The van der Waals surface area contributed by atoms with E-state index in [1.54, 1.807) is 6.92 Å². The maximum Gasteiger partial charge on any atom is 0.337 e. The summed E-state index contributed by atoms with van der Waals surface area (Å²) in [7, 11) is 2.77. The fraction of sp³-hybridized carbons (Fsp3) is 0.375. The van der Waals surface area contributed by atoms with E-state index in [0.29, 0.717) is 11.3 Å². The molecule has 0 atom stereocenters. The van der Waals surface area contributed by atoms with Gasteiger partial charge in [-0.25, -0.2) is 4.98 Å². The third-order valence-corrected chi connectivity index (χ3v) is 1.82. The molecule has 0 aliphatic carbocycles. The molecule has 1 rings (SSSR count). The standard InChI is InChI=1S/C8H10N2O4/c1-5-6(13-2)4-9-8(14-3)7(5)10(11)12/h4H,1-3H3. The highest BCUT2D eigenvalue weighted by Gasteiger charge is 2.22. The molecule has 0 aliphatic heterocycles. The lowest BCUT2D eigenvalue weighted by molar-refractivity contribution is -0.386. The molecule has 0 fully saturated rings. The van der Waals surface area contributed by atoms with E-state index in [4.69, 9.17) is 9.47 Å². The maximum atomic E-state index is 10.7. The molecule has 0 bridgehead atoms. The molecule has 6 nitrogen and oxygen atoms in total. The monoisotopic (exact) mass is 198 g/mol. The summed E-state index contributed by atoms with van der Waals surface area (Å²) in [6.07, 6.45) is 1.39. The Morgan fingerprint density at radius 1 is 1.43 bits per heavy atom. The van der Waals surface area contributed by atoms with Crippen molar-refractivity contribution in [2.75, 3.05) is 14.2 Å². The van der Waals surface area contributed by atoms with E-state index >= 15 is 0 Å². The van der Waals surface area contributed by atoms with Gasteiger partial charge >= 0.3 is 5.69 Å². The molecule has 1 aromatic heterocycles. The summed E-state index contributed by atoms with van der Waals surface area (Å²) in [5, 5.41) is 10.7. The molecule has 0 amide bonds. The molecule has 1 aromatic rings. The van der Waals surface area contributed by atoms with Crippen LogP contribution in [0.1, 0.15) is 5.56 Å². The van der Waals surface area contributed by atoms with Gasteiger partial charge in [-0.2, -0.15) is 0 Å². The largest absolute Gasteiger partial charge is 0.495 e. The molecular formula is C8H10N2O4. The average molecular weight is 198 g/mol. The van der Waals surface area contributed by atoms with E-state index < -0.39 is 4.92 Å². The highest BCUT2D eigenvalue weighted by Crippen LogP contribution is 2.33. The van der Waals surface area contributed by atoms with Crippen molar-refractivity contribution in [1.29, 1.82) is 0 Å². The van der Waals surface area contributed by atoms with Crippen LogP contribution in [0.3, 0.4) is 0 Å². The summed E-state index contributed by atoms with van der Waals surface area (Å²) in [5.41, 5.74) is 0.246. The lowest BCUT2D eigenvalue weighted by Gasteiger charge is -2.06. The Morgan fingerprint density at radius 2 is 2.07 bits per heavy atom. The molecule has 0 saturated heterocycles. The lowest BCUT2D eigenvalue weighted by atomic mass is 10.2. The van der Waals surface area contributed by atoms with Gasteiger partial charge in [-0.15, -0.1) is 0 Å². The van der Waals surface area contributed by atoms with Gasteiger partial charge in [0.2, 0.25) is 0 Å². The first kappa shape index (κ1) is 10.2. The fourth-order valence-corrected chi connectivity index (χ4v) is 1.12. The minimum atomic E-state index is -0.538. The molecular weight excluding hydrogens is 188 g/mol. The van der Waals surface area contributed by atoms with Crippen LogP contribution in [-0.2, 0) is 0 Å². The van der Waals surface area contributed by atoms with E-state index in [0.717, 1.165) is 0 Å². The SMILES string of the molecule is COc1cnc(OC)c([N+](=O)[O-])c1C. The number of ether oxygens (including phenoxy) is 2. The quantitative estimate of drug-likeness (QED) is 0.540. The van der Waals surface area contributed by atoms with Crippen molar-refractivity contribution in [3.63, 3.8) is 0 Å². The number of hydrogen-bond acceptors (Lipinski definition) is 5. The van der Waals surface area contributed by atoms with Gasteiger partial charge in [0.05, 0.1) is 30.9 Å². The van der Waals surface area contributed by atoms with Crippen LogP contribution >= 0.6 is 0 Å². The first-order chi connectivity index (χ1) is 6.61. The van der Waals surface area contributed by atoms with Crippen LogP contribution in [0.2, 0.25) is 0 Å². The minimum Gasteiger partial charge on any atom is -0.495 e. The van der Waals surface area contributed by atoms with Crippen molar-refractivity contribution in [2.45, 2.75) is 6.92 Å². The van der Waals surface area contributed by atoms with Gasteiger partial charge in [-0.3, -0.25) is 10.1 Å². The summed E-state index contributed by atoms with van der Waals surface area (Å²) < 4.78 is 9.69. The van der Waals surface area contributed by atoms with Gasteiger partial charge in [-0.05, 0) is 6.92 Å². The molecule has 0 saturated carbocycles. The van der Waals surface area contributed by atoms with E-state index in [1.165, 1.54) is 20.4 Å². The van der Waals surface area contributed by atoms with Crippen molar-refractivity contribution < 1.29 is 14.4 Å². The topological polar surface area (TPSA) is 74.5 Å². The Bertz CT molecular complexity index is 365. The minimum absolute atomic E-state index is 0.00620. The summed E-state index contributed by atoms with van der Waals surface area (Å²) in [6.45, 7) is 1.58. The zero-order valence-corrected chi connectivity index (χ0v) is 8.10. The summed E-state index contributed by atoms with van der Waals surface area (Å²) in [5.74, 6) is 0.366. The molecule has 76 valence electrons. The second-order valence-electron chi connectivity index (χ2n) is 2.57. The number of hydrogen-bond donors (Lipinski definition) is 0. The van der Waals surface area contributed by atoms with Gasteiger partial charge in [-0.1, -0.05) is 0 Å². The van der Waals surface area contributed by atoms with Gasteiger partial charge < -0.3 is 9.47 Å². The zero-order valence-electron chi connectivity index (χ0n) is 8.10. The van der Waals surface area contributed by atoms with Crippen LogP contribution < -0.4 is 9.47 Å². The number of aromatic nitrogens is 1. The highest BCUT2D eigenvalue weighted by molar-refractivity contribution is 5.53. The van der Waals surface area contributed by atoms with E-state index in [-0.39, 0.29) is 11.6 Å². The summed E-state index contributed by atoms with van der Waals surface area (Å²) >= 11 is 0. The molecule has 14 heavy (non-hydrogen) atoms. The van der Waals surface area contributed by atoms with Crippen molar-refractivity contribution in [2.24, 2.45) is 0 Å². The Labute approximate surface area is 80.6 Å². The van der Waals surface area contributed by atoms with Crippen molar-refractivity contribution in [3.05, 3.63) is 21.9 Å². The number of nitro groups is 1. The fourth-order valence-electron chi connectivity index (χ4n) is 1.12. The van der Waals surface area contributed by atoms with Crippen LogP contribution in [0.25, 0.3) is 0 Å². The lowest BCUT2D eigenvalue weighted by Crippen LogP contribution is -2.00. The van der Waals surface area contributed by atoms with E-state index in [1.807, 2.05) is 0 Å². The van der Waals surface area contributed by atoms with Crippen LogP contribution in [0, 0.1) is 17.0 Å². The Morgan fingerprint density at radius 3 is 2.50 bits per heavy atom. The van der Waals surface area contributed by atoms with Crippen LogP contribution in [0.4, 0.5) is 5.69 Å². The van der Waals surface area contributed by atoms with Crippen molar-refractivity contribution >= 4 is 5.69 Å². The Balaban J connectivity index is 3.39. The predicted molar refractivity (Wildman–Crippen MR) is 48.7 cm³/mol. The van der Waals surface area contributed by atoms with Crippen LogP contribution in [0.5, 0.6) is 11.6 Å². The molecule has 0 aliphatic rings. The predicted octanol–water partition coefficient (Wildman–Crippen LogP) is 1.32. The average Bonchev–Trinajstić information content (AvgIpc) is 2.16. The number of nitrogens with zero attached hydrogens (tertiary/aromatic N) is 2. The number of rotatable bonds is 3. The third kappa shape index (κ3) is 1.59. The second-order valence-corrected chi connectivity index (χ2v) is 2.57. The van der Waals surface area contributed by atoms with Gasteiger partial charge in [0.15, 0.2) is 0 Å². The number of pyridine rings is 1. The molecule has 0 unspecified atom stereocenters. The third-order valence-electron chi connectivity index (χ3n) is 1.82. The second kappa shape index (κ2) is 3.91. The number of methoxy groups -OCH3 is 2. The van der Waals surface area contributed by atoms with Crippen molar-refractivity contribution in [1.82, 2.24) is 4.98 Å². The molecule has 0 aromatic carbocycles. The normalized spacial score (nSPS) is 9.64. The van der Waals surface area contributed by atoms with Gasteiger partial charge in [0, 0.05) is 0 Å². The smallest absolute Gasteiger partial charge is 0.337 e. The van der Waals surface area contributed by atoms with E-state index in [9.17, 15) is 10.1 Å². The first-order valence-corrected chi connectivity index (χ1v) is 3.83. The van der Waals surface area contributed by atoms with Gasteiger partial charge in [0.25, 0.3) is 5.88 Å². The van der Waals surface area contributed by atoms with Crippen molar-refractivity contribution in [3.8, 4) is 11.6 Å².